The summed E-state index contributed by atoms with van der Waals surface area (Å²) in [5, 5.41) is 8.44. The van der Waals surface area contributed by atoms with Crippen LogP contribution in [0, 0.1) is 12.8 Å². The van der Waals surface area contributed by atoms with Crippen LogP contribution in [0.5, 0.6) is 5.75 Å². The third kappa shape index (κ3) is 10.9. The third-order valence-electron chi connectivity index (χ3n) is 6.34. The summed E-state index contributed by atoms with van der Waals surface area (Å²) in [5.74, 6) is -0.195. The molecule has 42 heavy (non-hydrogen) atoms. The number of carbonyl (C=O) groups excluding carboxylic acids is 3. The molecular weight excluding hydrogens is 530 g/mol. The van der Waals surface area contributed by atoms with Gasteiger partial charge in [-0.15, -0.1) is 0 Å². The summed E-state index contributed by atoms with van der Waals surface area (Å²) in [6, 6.07) is 22.4. The highest BCUT2D eigenvalue weighted by atomic mass is 16.6. The maximum Gasteiger partial charge on any atom is 0.329 e. The fourth-order valence-corrected chi connectivity index (χ4v) is 4.27. The zero-order chi connectivity index (χ0) is 30.7. The molecule has 3 aromatic carbocycles. The van der Waals surface area contributed by atoms with E-state index in [4.69, 9.17) is 9.47 Å². The maximum atomic E-state index is 13.5. The Bertz CT molecular complexity index is 1320. The zero-order valence-corrected chi connectivity index (χ0v) is 25.4. The first-order valence-corrected chi connectivity index (χ1v) is 14.3. The van der Waals surface area contributed by atoms with Crippen molar-refractivity contribution >= 4 is 23.6 Å². The van der Waals surface area contributed by atoms with E-state index in [2.05, 4.69) is 16.0 Å². The standard InChI is InChI=1S/C34H43N3O5/c1-23(2)20-29(37-33(40)36-28-15-11-10-12-24(28)3)31(38)35-30(32(39)42-34(4,5)6)21-25-16-18-27(19-17-25)41-22-26-13-8-7-9-14-26/h7-19,23,29-30H,20-22H2,1-6H3,(H,35,38)(H2,36,37,40). The van der Waals surface area contributed by atoms with Crippen LogP contribution in [0.2, 0.25) is 0 Å². The van der Waals surface area contributed by atoms with Gasteiger partial charge in [0.1, 0.15) is 30.0 Å². The topological polar surface area (TPSA) is 106 Å². The molecular formula is C34H43N3O5. The Kier molecular flexibility index (Phi) is 11.5. The van der Waals surface area contributed by atoms with Gasteiger partial charge >= 0.3 is 12.0 Å². The van der Waals surface area contributed by atoms with Crippen LogP contribution < -0.4 is 20.7 Å². The molecule has 0 aliphatic carbocycles. The molecule has 0 heterocycles. The number of nitrogens with one attached hydrogen (secondary N) is 3. The summed E-state index contributed by atoms with van der Waals surface area (Å²) >= 11 is 0. The first-order valence-electron chi connectivity index (χ1n) is 14.3. The molecule has 8 heteroatoms. The van der Waals surface area contributed by atoms with Crippen molar-refractivity contribution in [2.24, 2.45) is 5.92 Å². The molecule has 3 rings (SSSR count). The lowest BCUT2D eigenvalue weighted by atomic mass is 10.0. The van der Waals surface area contributed by atoms with Crippen LogP contribution in [-0.2, 0) is 27.4 Å². The van der Waals surface area contributed by atoms with Crippen LogP contribution >= 0.6 is 0 Å². The highest BCUT2D eigenvalue weighted by molar-refractivity contribution is 5.95. The highest BCUT2D eigenvalue weighted by Crippen LogP contribution is 2.18. The van der Waals surface area contributed by atoms with E-state index >= 15 is 0 Å². The molecule has 0 aromatic heterocycles. The van der Waals surface area contributed by atoms with Crippen molar-refractivity contribution in [1.82, 2.24) is 10.6 Å². The van der Waals surface area contributed by atoms with Gasteiger partial charge < -0.3 is 25.4 Å². The molecule has 0 spiro atoms. The SMILES string of the molecule is Cc1ccccc1NC(=O)NC(CC(C)C)C(=O)NC(Cc1ccc(OCc2ccccc2)cc1)C(=O)OC(C)(C)C. The predicted octanol–water partition coefficient (Wildman–Crippen LogP) is 6.18. The molecule has 0 fully saturated rings. The molecule has 3 amide bonds. The largest absolute Gasteiger partial charge is 0.489 e. The second kappa shape index (κ2) is 15.1. The third-order valence-corrected chi connectivity index (χ3v) is 6.34. The Labute approximate surface area is 249 Å². The van der Waals surface area contributed by atoms with Crippen molar-refractivity contribution in [3.8, 4) is 5.75 Å². The van der Waals surface area contributed by atoms with Crippen LogP contribution in [0.3, 0.4) is 0 Å². The van der Waals surface area contributed by atoms with Gasteiger partial charge in [0.05, 0.1) is 0 Å². The predicted molar refractivity (Wildman–Crippen MR) is 165 cm³/mol. The normalized spacial score (nSPS) is 12.6. The number of esters is 1. The number of benzene rings is 3. The second-order valence-electron chi connectivity index (χ2n) is 11.8. The fourth-order valence-electron chi connectivity index (χ4n) is 4.27. The number of ether oxygens (including phenoxy) is 2. The van der Waals surface area contributed by atoms with E-state index in [1.54, 1.807) is 26.8 Å². The summed E-state index contributed by atoms with van der Waals surface area (Å²) < 4.78 is 11.5. The maximum absolute atomic E-state index is 13.5. The fraction of sp³-hybridized carbons (Fsp3) is 0.382. The van der Waals surface area contributed by atoms with Gasteiger partial charge in [0, 0.05) is 12.1 Å². The van der Waals surface area contributed by atoms with Crippen molar-refractivity contribution in [2.45, 2.75) is 78.7 Å². The number of anilines is 1. The monoisotopic (exact) mass is 573 g/mol. The molecule has 224 valence electrons. The van der Waals surface area contributed by atoms with Crippen LogP contribution in [0.15, 0.2) is 78.9 Å². The van der Waals surface area contributed by atoms with E-state index in [1.165, 1.54) is 0 Å². The van der Waals surface area contributed by atoms with Gasteiger partial charge in [-0.05, 0) is 74.9 Å². The van der Waals surface area contributed by atoms with Gasteiger partial charge in [0.2, 0.25) is 5.91 Å². The van der Waals surface area contributed by atoms with Crippen molar-refractivity contribution < 1.29 is 23.9 Å². The summed E-state index contributed by atoms with van der Waals surface area (Å²) in [6.07, 6.45) is 0.602. The summed E-state index contributed by atoms with van der Waals surface area (Å²) in [6.45, 7) is 11.6. The Morgan fingerprint density at radius 3 is 2.05 bits per heavy atom. The number of aryl methyl sites for hydroxylation is 1. The number of hydrogen-bond donors (Lipinski definition) is 3. The quantitative estimate of drug-likeness (QED) is 0.225. The highest BCUT2D eigenvalue weighted by Gasteiger charge is 2.30. The van der Waals surface area contributed by atoms with E-state index in [9.17, 15) is 14.4 Å². The van der Waals surface area contributed by atoms with Gasteiger partial charge in [0.15, 0.2) is 0 Å². The van der Waals surface area contributed by atoms with Crippen LogP contribution in [0.25, 0.3) is 0 Å². The second-order valence-corrected chi connectivity index (χ2v) is 11.8. The van der Waals surface area contributed by atoms with Crippen molar-refractivity contribution in [2.75, 3.05) is 5.32 Å². The molecule has 0 saturated heterocycles. The summed E-state index contributed by atoms with van der Waals surface area (Å²) in [5.41, 5.74) is 2.70. The van der Waals surface area contributed by atoms with Gasteiger partial charge in [-0.2, -0.15) is 0 Å². The lowest BCUT2D eigenvalue weighted by Gasteiger charge is -2.27. The molecule has 0 aliphatic heterocycles. The van der Waals surface area contributed by atoms with Crippen molar-refractivity contribution in [3.63, 3.8) is 0 Å². The molecule has 2 unspecified atom stereocenters. The van der Waals surface area contributed by atoms with Crippen molar-refractivity contribution in [3.05, 3.63) is 95.6 Å². The van der Waals surface area contributed by atoms with E-state index in [0.717, 1.165) is 16.7 Å². The van der Waals surface area contributed by atoms with Gasteiger partial charge in [-0.1, -0.05) is 74.5 Å². The Hall–Kier alpha value is -4.33. The molecule has 0 radical (unpaired) electrons. The molecule has 0 bridgehead atoms. The molecule has 0 aliphatic rings. The first-order chi connectivity index (χ1) is 19.9. The minimum Gasteiger partial charge on any atom is -0.489 e. The van der Waals surface area contributed by atoms with E-state index < -0.39 is 35.6 Å². The number of rotatable bonds is 12. The average Bonchev–Trinajstić information content (AvgIpc) is 2.92. The Balaban J connectivity index is 1.71. The zero-order valence-electron chi connectivity index (χ0n) is 25.4. The first kappa shape index (κ1) is 32.2. The Morgan fingerprint density at radius 2 is 1.43 bits per heavy atom. The van der Waals surface area contributed by atoms with E-state index in [-0.39, 0.29) is 12.3 Å². The summed E-state index contributed by atoms with van der Waals surface area (Å²) in [7, 11) is 0. The Morgan fingerprint density at radius 1 is 0.786 bits per heavy atom. The van der Waals surface area contributed by atoms with Gasteiger partial charge in [-0.25, -0.2) is 9.59 Å². The van der Waals surface area contributed by atoms with E-state index in [0.29, 0.717) is 24.5 Å². The minimum absolute atomic E-state index is 0.114. The van der Waals surface area contributed by atoms with Gasteiger partial charge in [0.25, 0.3) is 0 Å². The molecule has 3 N–H and O–H groups in total. The lowest BCUT2D eigenvalue weighted by Crippen LogP contribution is -2.54. The smallest absolute Gasteiger partial charge is 0.329 e. The molecule has 0 saturated carbocycles. The van der Waals surface area contributed by atoms with Gasteiger partial charge in [-0.3, -0.25) is 4.79 Å². The molecule has 2 atom stereocenters. The number of hydrogen-bond acceptors (Lipinski definition) is 5. The summed E-state index contributed by atoms with van der Waals surface area (Å²) in [4.78, 5) is 39.5. The number of carbonyl (C=O) groups is 3. The number of amides is 3. The molecule has 8 nitrogen and oxygen atoms in total. The number of urea groups is 1. The van der Waals surface area contributed by atoms with E-state index in [1.807, 2.05) is 93.6 Å². The minimum atomic E-state index is -0.955. The van der Waals surface area contributed by atoms with Crippen LogP contribution in [-0.4, -0.2) is 35.6 Å². The average molecular weight is 574 g/mol. The van der Waals surface area contributed by atoms with Crippen LogP contribution in [0.4, 0.5) is 10.5 Å². The van der Waals surface area contributed by atoms with Crippen molar-refractivity contribution in [1.29, 1.82) is 0 Å². The number of para-hydroxylation sites is 1. The van der Waals surface area contributed by atoms with Crippen LogP contribution in [0.1, 0.15) is 57.7 Å². The molecule has 3 aromatic rings. The lowest BCUT2D eigenvalue weighted by molar-refractivity contribution is -0.158.